The van der Waals surface area contributed by atoms with Crippen LogP contribution in [0.3, 0.4) is 0 Å². The van der Waals surface area contributed by atoms with Crippen LogP contribution in [-0.4, -0.2) is 36.3 Å². The maximum Gasteiger partial charge on any atom is 0.416 e. The fourth-order valence-corrected chi connectivity index (χ4v) is 2.90. The van der Waals surface area contributed by atoms with Crippen LogP contribution >= 0.6 is 0 Å². The number of halogens is 6. The molecule has 0 unspecified atom stereocenters. The normalized spacial score (nSPS) is 10.5. The molecule has 2 heterocycles. The monoisotopic (exact) mass is 622 g/mol. The number of alkyl halides is 6. The number of carbonyl (C=O) groups is 1. The lowest BCUT2D eigenvalue weighted by Gasteiger charge is -2.10. The Hall–Kier alpha value is -5.63. The number of nitrogens with one attached hydrogen (secondary N) is 2. The summed E-state index contributed by atoms with van der Waals surface area (Å²) < 4.78 is 82.9. The van der Waals surface area contributed by atoms with Gasteiger partial charge in [-0.2, -0.15) is 31.3 Å². The molecule has 0 fully saturated rings. The Morgan fingerprint density at radius 3 is 1.59 bits per heavy atom. The fraction of sp³-hybridized carbons (Fsp3) is 0.143. The molecule has 4 aromatic rings. The molecule has 44 heavy (non-hydrogen) atoms. The third-order valence-corrected chi connectivity index (χ3v) is 5.01. The summed E-state index contributed by atoms with van der Waals surface area (Å²) in [6.45, 7) is 0. The summed E-state index contributed by atoms with van der Waals surface area (Å²) in [6.07, 6.45) is -4.58. The van der Waals surface area contributed by atoms with Gasteiger partial charge in [-0.3, -0.25) is 0 Å². The summed E-state index contributed by atoms with van der Waals surface area (Å²) in [5.41, 5.74) is 5.29. The molecule has 2 amide bonds. The molecule has 0 aliphatic carbocycles. The lowest BCUT2D eigenvalue weighted by atomic mass is 10.2. The predicted octanol–water partition coefficient (Wildman–Crippen LogP) is 7.10. The van der Waals surface area contributed by atoms with E-state index in [2.05, 4.69) is 25.6 Å². The average molecular weight is 623 g/mol. The van der Waals surface area contributed by atoms with Crippen LogP contribution in [0.1, 0.15) is 11.1 Å². The highest BCUT2D eigenvalue weighted by Gasteiger charge is 2.30. The van der Waals surface area contributed by atoms with E-state index in [1.165, 1.54) is 31.5 Å². The Bertz CT molecular complexity index is 1510. The number of benzene rings is 2. The standard InChI is InChI=1S/C14H12F3N3O2.C8H4F3NO.C6H8N2O/c1-22-12-7-6-11(8-18-12)20-13(21)19-10-4-2-9(3-5-10)14(15,16)17;9-8(10,11)6-1-3-7(4-2-6)12-5-13;1-9-6-3-2-5(7)4-8-6/h2-8H,1H3,(H2,19,20,21);1-4H;2-4H,7H2,1H3. The van der Waals surface area contributed by atoms with Gasteiger partial charge in [0.25, 0.3) is 0 Å². The Balaban J connectivity index is 0.000000258. The molecular weight excluding hydrogens is 598 g/mol. The number of ether oxygens (including phenoxy) is 2. The highest BCUT2D eigenvalue weighted by Crippen LogP contribution is 2.31. The van der Waals surface area contributed by atoms with Crippen molar-refractivity contribution in [1.29, 1.82) is 0 Å². The maximum absolute atomic E-state index is 12.4. The van der Waals surface area contributed by atoms with Gasteiger partial charge in [0.05, 0.1) is 54.8 Å². The average Bonchev–Trinajstić information content (AvgIpc) is 2.98. The number of nitrogens with zero attached hydrogens (tertiary/aromatic N) is 3. The van der Waals surface area contributed by atoms with Gasteiger partial charge in [-0.25, -0.2) is 19.6 Å². The van der Waals surface area contributed by atoms with Gasteiger partial charge in [-0.15, -0.1) is 0 Å². The number of hydrogen-bond acceptors (Lipinski definition) is 8. The Morgan fingerprint density at radius 2 is 1.18 bits per heavy atom. The minimum atomic E-state index is -4.41. The smallest absolute Gasteiger partial charge is 0.416 e. The van der Waals surface area contributed by atoms with Gasteiger partial charge in [0.2, 0.25) is 17.8 Å². The molecule has 0 radical (unpaired) electrons. The van der Waals surface area contributed by atoms with Gasteiger partial charge < -0.3 is 25.8 Å². The maximum atomic E-state index is 12.4. The first-order valence-electron chi connectivity index (χ1n) is 12.0. The van der Waals surface area contributed by atoms with E-state index in [-0.39, 0.29) is 11.4 Å². The van der Waals surface area contributed by atoms with Crippen LogP contribution in [0.15, 0.2) is 90.2 Å². The fourth-order valence-electron chi connectivity index (χ4n) is 2.90. The largest absolute Gasteiger partial charge is 0.481 e. The highest BCUT2D eigenvalue weighted by atomic mass is 19.4. The molecule has 4 rings (SSSR count). The molecule has 0 bridgehead atoms. The third-order valence-electron chi connectivity index (χ3n) is 5.01. The van der Waals surface area contributed by atoms with Crippen molar-refractivity contribution in [2.24, 2.45) is 4.99 Å². The van der Waals surface area contributed by atoms with Crippen LogP contribution in [0.2, 0.25) is 0 Å². The van der Waals surface area contributed by atoms with Crippen LogP contribution in [-0.2, 0) is 17.1 Å². The minimum absolute atomic E-state index is 0.156. The van der Waals surface area contributed by atoms with Crippen LogP contribution in [0.4, 0.5) is 53.9 Å². The van der Waals surface area contributed by atoms with Crippen LogP contribution in [0, 0.1) is 0 Å². The van der Waals surface area contributed by atoms with Crippen molar-refractivity contribution in [1.82, 2.24) is 9.97 Å². The summed E-state index contributed by atoms with van der Waals surface area (Å²) in [6, 6.07) is 14.1. The topological polar surface area (TPSA) is 141 Å². The second kappa shape index (κ2) is 16.1. The zero-order valence-electron chi connectivity index (χ0n) is 22.9. The molecule has 0 aliphatic rings. The van der Waals surface area contributed by atoms with Gasteiger partial charge in [0.1, 0.15) is 0 Å². The first kappa shape index (κ1) is 34.6. The lowest BCUT2D eigenvalue weighted by Crippen LogP contribution is -2.19. The molecule has 0 saturated carbocycles. The first-order valence-corrected chi connectivity index (χ1v) is 12.0. The zero-order valence-corrected chi connectivity index (χ0v) is 22.9. The van der Waals surface area contributed by atoms with Gasteiger partial charge in [0.15, 0.2) is 0 Å². The van der Waals surface area contributed by atoms with E-state index in [0.717, 1.165) is 36.4 Å². The van der Waals surface area contributed by atoms with E-state index in [9.17, 15) is 35.9 Å². The van der Waals surface area contributed by atoms with Crippen LogP contribution in [0.5, 0.6) is 11.8 Å². The van der Waals surface area contributed by atoms with Crippen molar-refractivity contribution in [3.8, 4) is 11.8 Å². The summed E-state index contributed by atoms with van der Waals surface area (Å²) in [7, 11) is 3.03. The molecule has 0 atom stereocenters. The van der Waals surface area contributed by atoms with Crippen LogP contribution in [0.25, 0.3) is 0 Å². The van der Waals surface area contributed by atoms with Gasteiger partial charge in [0, 0.05) is 17.8 Å². The SMILES string of the molecule is COc1ccc(N)cn1.COc1ccc(NC(=O)Nc2ccc(C(F)(F)F)cc2)cn1.O=C=Nc1ccc(C(F)(F)F)cc1. The van der Waals surface area contributed by atoms with Crippen molar-refractivity contribution in [2.75, 3.05) is 30.6 Å². The van der Waals surface area contributed by atoms with Crippen molar-refractivity contribution in [3.05, 3.63) is 96.3 Å². The number of aromatic nitrogens is 2. The molecular formula is C28H24F6N6O4. The quantitative estimate of drug-likeness (QED) is 0.123. The molecule has 0 aliphatic heterocycles. The van der Waals surface area contributed by atoms with E-state index in [1.54, 1.807) is 37.6 Å². The van der Waals surface area contributed by atoms with E-state index in [0.29, 0.717) is 23.1 Å². The van der Waals surface area contributed by atoms with Gasteiger partial charge in [-0.05, 0) is 60.7 Å². The number of amides is 2. The number of nitrogen functional groups attached to an aromatic ring is 1. The molecule has 16 heteroatoms. The number of pyridine rings is 2. The lowest BCUT2D eigenvalue weighted by molar-refractivity contribution is -0.138. The van der Waals surface area contributed by atoms with E-state index in [1.807, 2.05) is 0 Å². The number of isocyanates is 1. The molecule has 4 N–H and O–H groups in total. The van der Waals surface area contributed by atoms with Crippen molar-refractivity contribution < 1.29 is 45.4 Å². The number of carbonyl (C=O) groups excluding carboxylic acids is 2. The second-order valence-electron chi connectivity index (χ2n) is 8.13. The molecule has 10 nitrogen and oxygen atoms in total. The number of hydrogen-bond donors (Lipinski definition) is 3. The number of rotatable bonds is 5. The number of anilines is 3. The molecule has 0 spiro atoms. The summed E-state index contributed by atoms with van der Waals surface area (Å²) in [5, 5.41) is 4.92. The highest BCUT2D eigenvalue weighted by molar-refractivity contribution is 5.99. The van der Waals surface area contributed by atoms with Gasteiger partial charge >= 0.3 is 18.4 Å². The molecule has 0 saturated heterocycles. The van der Waals surface area contributed by atoms with E-state index < -0.39 is 29.5 Å². The van der Waals surface area contributed by atoms with Gasteiger partial charge in [-0.1, -0.05) is 0 Å². The number of nitrogens with two attached hydrogens (primary N) is 1. The summed E-state index contributed by atoms with van der Waals surface area (Å²) in [5.74, 6) is 0.984. The summed E-state index contributed by atoms with van der Waals surface area (Å²) >= 11 is 0. The Labute approximate surface area is 246 Å². The summed E-state index contributed by atoms with van der Waals surface area (Å²) in [4.78, 5) is 32.4. The first-order chi connectivity index (χ1) is 20.7. The Morgan fingerprint density at radius 1 is 0.727 bits per heavy atom. The van der Waals surface area contributed by atoms with Crippen molar-refractivity contribution in [3.63, 3.8) is 0 Å². The van der Waals surface area contributed by atoms with Crippen molar-refractivity contribution in [2.45, 2.75) is 12.4 Å². The van der Waals surface area contributed by atoms with E-state index in [4.69, 9.17) is 15.2 Å². The molecule has 2 aromatic heterocycles. The zero-order chi connectivity index (χ0) is 32.8. The predicted molar refractivity (Wildman–Crippen MR) is 149 cm³/mol. The minimum Gasteiger partial charge on any atom is -0.481 e. The van der Waals surface area contributed by atoms with Crippen LogP contribution < -0.4 is 25.8 Å². The number of urea groups is 1. The third kappa shape index (κ3) is 12.1. The second-order valence-corrected chi connectivity index (χ2v) is 8.13. The Kier molecular flexibility index (Phi) is 12.7. The molecule has 2 aromatic carbocycles. The molecule has 232 valence electrons. The van der Waals surface area contributed by atoms with Crippen molar-refractivity contribution >= 4 is 34.9 Å². The number of aliphatic imine (C=N–C) groups is 1. The number of methoxy groups -OCH3 is 2. The van der Waals surface area contributed by atoms with E-state index >= 15 is 0 Å².